The van der Waals surface area contributed by atoms with Gasteiger partial charge in [-0.15, -0.1) is 0 Å². The number of rotatable bonds is 8. The zero-order valence-electron chi connectivity index (χ0n) is 19.9. The van der Waals surface area contributed by atoms with Crippen LogP contribution < -0.4 is 11.1 Å². The lowest BCUT2D eigenvalue weighted by Gasteiger charge is -2.11. The molecule has 0 aliphatic heterocycles. The summed E-state index contributed by atoms with van der Waals surface area (Å²) in [6.07, 6.45) is 4.78. The Labute approximate surface area is 208 Å². The average molecular weight is 484 g/mol. The number of carbonyl (C=O) groups is 1. The average Bonchev–Trinajstić information content (AvgIpc) is 3.54. The van der Waals surface area contributed by atoms with Crippen LogP contribution in [0.1, 0.15) is 58.1 Å². The van der Waals surface area contributed by atoms with Gasteiger partial charge in [-0.3, -0.25) is 4.79 Å². The summed E-state index contributed by atoms with van der Waals surface area (Å²) in [5, 5.41) is 21.6. The standard InChI is InChI=1S/C27H26FN7O/c1-17-5-2-3-7-24(17)35-25(18-8-9-18)22(16-32-35)27(36)31-14-4-6-23-21(15-29)26(30)34(33-23)20-12-10-19(28)11-13-20/h2-3,5,7,10-13,16,18H,4,6,8-9,14,30H2,1H3,(H,31,36). The molecule has 36 heavy (non-hydrogen) atoms. The van der Waals surface area contributed by atoms with Crippen molar-refractivity contribution in [2.24, 2.45) is 0 Å². The fraction of sp³-hybridized carbons (Fsp3) is 0.259. The first kappa shape index (κ1) is 23.3. The first-order valence-electron chi connectivity index (χ1n) is 11.9. The van der Waals surface area contributed by atoms with Crippen molar-refractivity contribution in [1.82, 2.24) is 24.9 Å². The smallest absolute Gasteiger partial charge is 0.254 e. The van der Waals surface area contributed by atoms with Crippen LogP contribution in [-0.4, -0.2) is 32.0 Å². The summed E-state index contributed by atoms with van der Waals surface area (Å²) in [7, 11) is 0. The van der Waals surface area contributed by atoms with E-state index in [1.54, 1.807) is 18.3 Å². The highest BCUT2D eigenvalue weighted by Crippen LogP contribution is 2.42. The summed E-state index contributed by atoms with van der Waals surface area (Å²) < 4.78 is 16.6. The molecule has 182 valence electrons. The lowest BCUT2D eigenvalue weighted by atomic mass is 10.1. The summed E-state index contributed by atoms with van der Waals surface area (Å²) in [6.45, 7) is 2.44. The maximum atomic E-state index is 13.3. The van der Waals surface area contributed by atoms with Gasteiger partial charge in [0.25, 0.3) is 5.91 Å². The Morgan fingerprint density at radius 3 is 2.64 bits per heavy atom. The van der Waals surface area contributed by atoms with Gasteiger partial charge in [-0.05, 0) is 68.5 Å². The minimum atomic E-state index is -0.366. The minimum absolute atomic E-state index is 0.159. The first-order chi connectivity index (χ1) is 17.5. The van der Waals surface area contributed by atoms with Gasteiger partial charge >= 0.3 is 0 Å². The normalized spacial score (nSPS) is 12.9. The van der Waals surface area contributed by atoms with Crippen molar-refractivity contribution in [3.8, 4) is 17.4 Å². The van der Waals surface area contributed by atoms with Crippen LogP contribution in [-0.2, 0) is 6.42 Å². The van der Waals surface area contributed by atoms with E-state index in [0.717, 1.165) is 29.8 Å². The molecular weight excluding hydrogens is 457 g/mol. The Morgan fingerprint density at radius 1 is 1.19 bits per heavy atom. The second kappa shape index (κ2) is 9.66. The molecule has 1 fully saturated rings. The van der Waals surface area contributed by atoms with E-state index < -0.39 is 0 Å². The molecule has 3 N–H and O–H groups in total. The Hall–Kier alpha value is -4.45. The molecule has 1 saturated carbocycles. The molecule has 0 saturated heterocycles. The number of halogens is 1. The monoisotopic (exact) mass is 483 g/mol. The van der Waals surface area contributed by atoms with Crippen LogP contribution >= 0.6 is 0 Å². The molecule has 0 radical (unpaired) electrons. The lowest BCUT2D eigenvalue weighted by molar-refractivity contribution is 0.0952. The van der Waals surface area contributed by atoms with Gasteiger partial charge in [-0.1, -0.05) is 18.2 Å². The zero-order chi connectivity index (χ0) is 25.2. The Morgan fingerprint density at radius 2 is 1.94 bits per heavy atom. The molecule has 4 aromatic rings. The number of nitriles is 1. The number of para-hydroxylation sites is 1. The molecule has 8 nitrogen and oxygen atoms in total. The van der Waals surface area contributed by atoms with Gasteiger partial charge in [-0.25, -0.2) is 13.8 Å². The van der Waals surface area contributed by atoms with Gasteiger partial charge in [0, 0.05) is 12.5 Å². The Balaban J connectivity index is 1.26. The number of nitrogens with zero attached hydrogens (tertiary/aromatic N) is 5. The number of amides is 1. The van der Waals surface area contributed by atoms with Crippen LogP contribution in [0.3, 0.4) is 0 Å². The Bertz CT molecular complexity index is 1460. The number of aromatic nitrogens is 4. The number of carbonyl (C=O) groups excluding carboxylic acids is 1. The van der Waals surface area contributed by atoms with Crippen molar-refractivity contribution in [1.29, 1.82) is 5.26 Å². The quantitative estimate of drug-likeness (QED) is 0.365. The summed E-state index contributed by atoms with van der Waals surface area (Å²) in [5.74, 6) is 0.0223. The fourth-order valence-corrected chi connectivity index (χ4v) is 4.38. The number of nitrogen functional groups attached to an aromatic ring is 1. The van der Waals surface area contributed by atoms with Gasteiger partial charge < -0.3 is 11.1 Å². The van der Waals surface area contributed by atoms with E-state index in [9.17, 15) is 14.4 Å². The summed E-state index contributed by atoms with van der Waals surface area (Å²) >= 11 is 0. The van der Waals surface area contributed by atoms with Gasteiger partial charge in [0.1, 0.15) is 23.3 Å². The molecule has 0 bridgehead atoms. The molecule has 5 rings (SSSR count). The van der Waals surface area contributed by atoms with Crippen molar-refractivity contribution in [3.05, 3.63) is 88.6 Å². The number of anilines is 1. The van der Waals surface area contributed by atoms with E-state index >= 15 is 0 Å². The second-order valence-corrected chi connectivity index (χ2v) is 8.98. The number of aryl methyl sites for hydroxylation is 2. The maximum absolute atomic E-state index is 13.3. The van der Waals surface area contributed by atoms with Gasteiger partial charge in [0.05, 0.1) is 34.5 Å². The Kier molecular flexibility index (Phi) is 6.25. The molecule has 2 aromatic heterocycles. The van der Waals surface area contributed by atoms with Crippen LogP contribution in [0.2, 0.25) is 0 Å². The van der Waals surface area contributed by atoms with Crippen LogP contribution in [0, 0.1) is 24.1 Å². The molecule has 0 unspecified atom stereocenters. The zero-order valence-corrected chi connectivity index (χ0v) is 19.9. The molecule has 0 spiro atoms. The van der Waals surface area contributed by atoms with Crippen molar-refractivity contribution in [2.45, 2.75) is 38.5 Å². The molecule has 1 aliphatic carbocycles. The van der Waals surface area contributed by atoms with E-state index in [1.807, 2.05) is 35.9 Å². The highest BCUT2D eigenvalue weighted by molar-refractivity contribution is 5.95. The van der Waals surface area contributed by atoms with Crippen molar-refractivity contribution >= 4 is 11.7 Å². The third-order valence-corrected chi connectivity index (χ3v) is 6.41. The van der Waals surface area contributed by atoms with E-state index in [1.165, 1.54) is 16.8 Å². The predicted molar refractivity (Wildman–Crippen MR) is 134 cm³/mol. The summed E-state index contributed by atoms with van der Waals surface area (Å²) in [4.78, 5) is 13.0. The molecule has 1 aliphatic rings. The largest absolute Gasteiger partial charge is 0.382 e. The van der Waals surface area contributed by atoms with Gasteiger partial charge in [-0.2, -0.15) is 15.5 Å². The molecule has 2 aromatic carbocycles. The molecular formula is C27H26FN7O. The summed E-state index contributed by atoms with van der Waals surface area (Å²) in [6, 6.07) is 15.9. The van der Waals surface area contributed by atoms with Gasteiger partial charge in [0.2, 0.25) is 0 Å². The third-order valence-electron chi connectivity index (χ3n) is 6.41. The number of hydrogen-bond acceptors (Lipinski definition) is 5. The number of benzene rings is 2. The van der Waals surface area contributed by atoms with Crippen LogP contribution in [0.5, 0.6) is 0 Å². The first-order valence-corrected chi connectivity index (χ1v) is 11.9. The molecule has 1 amide bonds. The maximum Gasteiger partial charge on any atom is 0.254 e. The molecule has 0 atom stereocenters. The van der Waals surface area contributed by atoms with E-state index in [2.05, 4.69) is 21.6 Å². The third kappa shape index (κ3) is 4.45. The van der Waals surface area contributed by atoms with Crippen LogP contribution in [0.4, 0.5) is 10.2 Å². The summed E-state index contributed by atoms with van der Waals surface area (Å²) in [5.41, 5.74) is 11.2. The number of nitrogens with one attached hydrogen (secondary N) is 1. The van der Waals surface area contributed by atoms with Crippen molar-refractivity contribution in [2.75, 3.05) is 12.3 Å². The topological polar surface area (TPSA) is 115 Å². The van der Waals surface area contributed by atoms with Crippen molar-refractivity contribution < 1.29 is 9.18 Å². The highest BCUT2D eigenvalue weighted by atomic mass is 19.1. The second-order valence-electron chi connectivity index (χ2n) is 8.98. The van der Waals surface area contributed by atoms with E-state index in [4.69, 9.17) is 5.73 Å². The highest BCUT2D eigenvalue weighted by Gasteiger charge is 2.33. The van der Waals surface area contributed by atoms with Crippen LogP contribution in [0.25, 0.3) is 11.4 Å². The van der Waals surface area contributed by atoms with Crippen LogP contribution in [0.15, 0.2) is 54.7 Å². The molecule has 2 heterocycles. The minimum Gasteiger partial charge on any atom is -0.382 e. The van der Waals surface area contributed by atoms with Crippen molar-refractivity contribution in [3.63, 3.8) is 0 Å². The van der Waals surface area contributed by atoms with E-state index in [0.29, 0.717) is 47.8 Å². The van der Waals surface area contributed by atoms with E-state index in [-0.39, 0.29) is 17.5 Å². The lowest BCUT2D eigenvalue weighted by Crippen LogP contribution is -2.25. The fourth-order valence-electron chi connectivity index (χ4n) is 4.38. The molecule has 9 heteroatoms. The SMILES string of the molecule is Cc1ccccc1-n1ncc(C(=O)NCCCc2nn(-c3ccc(F)cc3)c(N)c2C#N)c1C1CC1. The number of nitrogens with two attached hydrogens (primary N) is 1. The predicted octanol–water partition coefficient (Wildman–Crippen LogP) is 4.20. The van der Waals surface area contributed by atoms with Gasteiger partial charge in [0.15, 0.2) is 0 Å². The number of hydrogen-bond donors (Lipinski definition) is 2.